The largest absolute Gasteiger partial charge is 0.478 e. The van der Waals surface area contributed by atoms with Crippen LogP contribution in [0.5, 0.6) is 0 Å². The van der Waals surface area contributed by atoms with Gasteiger partial charge in [-0.05, 0) is 37.5 Å². The lowest BCUT2D eigenvalue weighted by Gasteiger charge is -2.43. The molecule has 4 nitrogen and oxygen atoms in total. The minimum absolute atomic E-state index is 0.0609. The van der Waals surface area contributed by atoms with Crippen LogP contribution < -0.4 is 0 Å². The normalized spacial score (nSPS) is 50.8. The summed E-state index contributed by atoms with van der Waals surface area (Å²) < 4.78 is 0. The lowest BCUT2D eigenvalue weighted by atomic mass is 9.65. The molecule has 0 amide bonds. The predicted molar refractivity (Wildman–Crippen MR) is 69.4 cm³/mol. The van der Waals surface area contributed by atoms with Gasteiger partial charge in [0, 0.05) is 16.9 Å². The van der Waals surface area contributed by atoms with Gasteiger partial charge < -0.3 is 15.3 Å². The van der Waals surface area contributed by atoms with Gasteiger partial charge in [0.2, 0.25) is 0 Å². The highest BCUT2D eigenvalue weighted by Gasteiger charge is 2.72. The van der Waals surface area contributed by atoms with E-state index < -0.39 is 23.1 Å². The van der Waals surface area contributed by atoms with E-state index in [0.717, 1.165) is 12.8 Å². The average Bonchev–Trinajstić information content (AvgIpc) is 2.74. The van der Waals surface area contributed by atoms with Crippen molar-refractivity contribution in [3.05, 3.63) is 11.6 Å². The van der Waals surface area contributed by atoms with Gasteiger partial charge >= 0.3 is 5.97 Å². The number of allylic oxidation sites excluding steroid dienone is 1. The Morgan fingerprint density at radius 2 is 2.00 bits per heavy atom. The van der Waals surface area contributed by atoms with E-state index in [0.29, 0.717) is 12.0 Å². The minimum atomic E-state index is -1.20. The van der Waals surface area contributed by atoms with Crippen molar-refractivity contribution in [3.8, 4) is 0 Å². The number of aliphatic hydroxyl groups excluding tert-OH is 1. The van der Waals surface area contributed by atoms with Gasteiger partial charge in [0.15, 0.2) is 0 Å². The van der Waals surface area contributed by atoms with Crippen molar-refractivity contribution >= 4 is 5.97 Å². The van der Waals surface area contributed by atoms with Gasteiger partial charge in [0.25, 0.3) is 0 Å². The average molecular weight is 266 g/mol. The summed E-state index contributed by atoms with van der Waals surface area (Å²) in [6.07, 6.45) is 3.02. The molecule has 0 aromatic heterocycles. The number of rotatable bonds is 1. The number of carboxylic acids is 1. The molecule has 106 valence electrons. The Morgan fingerprint density at radius 3 is 2.58 bits per heavy atom. The summed E-state index contributed by atoms with van der Waals surface area (Å²) in [6, 6.07) is 0. The summed E-state index contributed by atoms with van der Waals surface area (Å²) in [5.41, 5.74) is -1.22. The first kappa shape index (κ1) is 13.1. The van der Waals surface area contributed by atoms with Crippen molar-refractivity contribution < 1.29 is 20.1 Å². The van der Waals surface area contributed by atoms with E-state index in [1.165, 1.54) is 0 Å². The number of aliphatic hydroxyl groups is 2. The maximum absolute atomic E-state index is 11.4. The molecule has 0 aromatic carbocycles. The van der Waals surface area contributed by atoms with Gasteiger partial charge in [-0.3, -0.25) is 0 Å². The number of hydrogen-bond donors (Lipinski definition) is 3. The summed E-state index contributed by atoms with van der Waals surface area (Å²) >= 11 is 0. The molecule has 5 atom stereocenters. The van der Waals surface area contributed by atoms with Crippen molar-refractivity contribution in [1.29, 1.82) is 0 Å². The maximum atomic E-state index is 11.4. The molecule has 4 heteroatoms. The number of carboxylic acid groups (broad SMARTS) is 1. The minimum Gasteiger partial charge on any atom is -0.478 e. The van der Waals surface area contributed by atoms with Crippen LogP contribution in [0.25, 0.3) is 0 Å². The first-order valence-corrected chi connectivity index (χ1v) is 6.97. The number of carbonyl (C=O) groups is 1. The number of hydrogen-bond acceptors (Lipinski definition) is 3. The molecule has 3 rings (SSSR count). The van der Waals surface area contributed by atoms with Gasteiger partial charge in [-0.1, -0.05) is 19.9 Å². The summed E-state index contributed by atoms with van der Waals surface area (Å²) in [5, 5.41) is 30.4. The standard InChI is InChI=1S/C15H22O4/c1-13(2)6-8-4-9(12(17)18)10-5-11(16)14(3,19)15(8,10)7-13/h4,8,10-11,16,19H,5-7H2,1-3H3,(H,17,18). The Labute approximate surface area is 113 Å². The number of aliphatic carboxylic acids is 1. The molecule has 3 N–H and O–H groups in total. The molecule has 3 aliphatic rings. The molecule has 0 bridgehead atoms. The fourth-order valence-electron chi connectivity index (χ4n) is 5.20. The van der Waals surface area contributed by atoms with Crippen LogP contribution in [0.3, 0.4) is 0 Å². The summed E-state index contributed by atoms with van der Waals surface area (Å²) in [5.74, 6) is -1.06. The zero-order valence-corrected chi connectivity index (χ0v) is 11.7. The van der Waals surface area contributed by atoms with Gasteiger partial charge in [0.05, 0.1) is 11.7 Å². The van der Waals surface area contributed by atoms with Crippen LogP contribution in [0.2, 0.25) is 0 Å². The quantitative estimate of drug-likeness (QED) is 0.673. The van der Waals surface area contributed by atoms with E-state index in [1.54, 1.807) is 6.92 Å². The van der Waals surface area contributed by atoms with Gasteiger partial charge in [-0.15, -0.1) is 0 Å². The van der Waals surface area contributed by atoms with Gasteiger partial charge in [-0.2, -0.15) is 0 Å². The van der Waals surface area contributed by atoms with Crippen LogP contribution in [0.4, 0.5) is 0 Å². The fourth-order valence-corrected chi connectivity index (χ4v) is 5.20. The van der Waals surface area contributed by atoms with Gasteiger partial charge in [-0.25, -0.2) is 4.79 Å². The van der Waals surface area contributed by atoms with E-state index >= 15 is 0 Å². The second kappa shape index (κ2) is 3.41. The third kappa shape index (κ3) is 1.39. The monoisotopic (exact) mass is 266 g/mol. The molecule has 2 saturated carbocycles. The Hall–Kier alpha value is -0.870. The van der Waals surface area contributed by atoms with Gasteiger partial charge in [0.1, 0.15) is 0 Å². The summed E-state index contributed by atoms with van der Waals surface area (Å²) in [4.78, 5) is 11.4. The van der Waals surface area contributed by atoms with Crippen LogP contribution in [0, 0.1) is 22.7 Å². The van der Waals surface area contributed by atoms with Crippen LogP contribution in [0.15, 0.2) is 11.6 Å². The first-order chi connectivity index (χ1) is 8.62. The smallest absolute Gasteiger partial charge is 0.331 e. The van der Waals surface area contributed by atoms with Crippen LogP contribution >= 0.6 is 0 Å². The highest BCUT2D eigenvalue weighted by atomic mass is 16.4. The molecule has 5 unspecified atom stereocenters. The van der Waals surface area contributed by atoms with Crippen molar-refractivity contribution in [2.75, 3.05) is 0 Å². The summed E-state index contributed by atoms with van der Waals surface area (Å²) in [7, 11) is 0. The second-order valence-electron chi connectivity index (χ2n) is 7.57. The van der Waals surface area contributed by atoms with E-state index in [4.69, 9.17) is 0 Å². The zero-order chi connectivity index (χ0) is 14.2. The molecule has 1 spiro atoms. The molecule has 0 radical (unpaired) electrons. The van der Waals surface area contributed by atoms with Crippen molar-refractivity contribution in [2.24, 2.45) is 22.7 Å². The topological polar surface area (TPSA) is 77.8 Å². The Balaban J connectivity index is 2.14. The van der Waals surface area contributed by atoms with E-state index in [-0.39, 0.29) is 17.3 Å². The second-order valence-corrected chi connectivity index (χ2v) is 7.57. The molecule has 0 saturated heterocycles. The molecule has 0 aromatic rings. The Kier molecular flexibility index (Phi) is 2.36. The highest BCUT2D eigenvalue weighted by Crippen LogP contribution is 2.71. The van der Waals surface area contributed by atoms with E-state index in [9.17, 15) is 20.1 Å². The molecule has 0 aliphatic heterocycles. The van der Waals surface area contributed by atoms with E-state index in [1.807, 2.05) is 6.08 Å². The molecule has 3 aliphatic carbocycles. The zero-order valence-electron chi connectivity index (χ0n) is 11.7. The van der Waals surface area contributed by atoms with Crippen LogP contribution in [-0.2, 0) is 4.79 Å². The molecule has 2 fully saturated rings. The maximum Gasteiger partial charge on any atom is 0.331 e. The molecular weight excluding hydrogens is 244 g/mol. The Bertz CT molecular complexity index is 477. The third-order valence-electron chi connectivity index (χ3n) is 5.88. The predicted octanol–water partition coefficient (Wildman–Crippen LogP) is 1.57. The Morgan fingerprint density at radius 1 is 1.37 bits per heavy atom. The van der Waals surface area contributed by atoms with Crippen LogP contribution in [0.1, 0.15) is 40.0 Å². The lowest BCUT2D eigenvalue weighted by molar-refractivity contribution is -0.135. The summed E-state index contributed by atoms with van der Waals surface area (Å²) in [6.45, 7) is 6.00. The SMILES string of the molecule is CC1(C)CC2C=C(C(=O)O)C3CC(O)C(C)(O)C23C1. The van der Waals surface area contributed by atoms with Crippen LogP contribution in [-0.4, -0.2) is 33.0 Å². The third-order valence-corrected chi connectivity index (χ3v) is 5.88. The molecule has 19 heavy (non-hydrogen) atoms. The van der Waals surface area contributed by atoms with Crippen molar-refractivity contribution in [1.82, 2.24) is 0 Å². The fraction of sp³-hybridized carbons (Fsp3) is 0.800. The first-order valence-electron chi connectivity index (χ1n) is 6.97. The lowest BCUT2D eigenvalue weighted by Crippen LogP contribution is -2.50. The molecular formula is C15H22O4. The van der Waals surface area contributed by atoms with E-state index in [2.05, 4.69) is 13.8 Å². The van der Waals surface area contributed by atoms with Crippen molar-refractivity contribution in [3.63, 3.8) is 0 Å². The van der Waals surface area contributed by atoms with Crippen molar-refractivity contribution in [2.45, 2.75) is 51.7 Å². The molecule has 0 heterocycles. The highest BCUT2D eigenvalue weighted by molar-refractivity contribution is 5.88.